The van der Waals surface area contributed by atoms with Crippen LogP contribution >= 0.6 is 11.6 Å². The first kappa shape index (κ1) is 17.8. The maximum atomic E-state index is 13.8. The fourth-order valence-electron chi connectivity index (χ4n) is 2.37. The van der Waals surface area contributed by atoms with Gasteiger partial charge in [-0.3, -0.25) is 9.89 Å². The van der Waals surface area contributed by atoms with Crippen LogP contribution in [0.15, 0.2) is 42.5 Å². The minimum atomic E-state index is -0.584. The molecule has 26 heavy (non-hydrogen) atoms. The zero-order chi connectivity index (χ0) is 18.7. The number of amides is 1. The van der Waals surface area contributed by atoms with Crippen LogP contribution in [0.1, 0.15) is 10.5 Å². The number of carbonyl (C=O) groups excluding carboxylic acids is 1. The van der Waals surface area contributed by atoms with Gasteiger partial charge in [0.05, 0.1) is 25.6 Å². The molecule has 0 spiro atoms. The van der Waals surface area contributed by atoms with Gasteiger partial charge in [0.1, 0.15) is 23.0 Å². The summed E-state index contributed by atoms with van der Waals surface area (Å²) in [6.45, 7) is 0. The van der Waals surface area contributed by atoms with E-state index in [1.54, 1.807) is 31.4 Å². The molecule has 0 radical (unpaired) electrons. The van der Waals surface area contributed by atoms with Gasteiger partial charge in [0.2, 0.25) is 0 Å². The first-order valence-corrected chi connectivity index (χ1v) is 7.94. The number of aromatic nitrogens is 2. The van der Waals surface area contributed by atoms with Gasteiger partial charge in [0, 0.05) is 16.7 Å². The molecule has 3 rings (SSSR count). The number of benzene rings is 2. The van der Waals surface area contributed by atoms with Gasteiger partial charge in [-0.1, -0.05) is 11.6 Å². The summed E-state index contributed by atoms with van der Waals surface area (Å²) in [6.07, 6.45) is 0. The number of hydrogen-bond acceptors (Lipinski definition) is 4. The largest absolute Gasteiger partial charge is 0.497 e. The Morgan fingerprint density at radius 2 is 1.96 bits per heavy atom. The zero-order valence-corrected chi connectivity index (χ0v) is 14.7. The molecule has 0 atom stereocenters. The van der Waals surface area contributed by atoms with Crippen molar-refractivity contribution < 1.29 is 18.7 Å². The van der Waals surface area contributed by atoms with Crippen LogP contribution in [0.5, 0.6) is 11.5 Å². The molecule has 1 amide bonds. The number of H-pyrrole nitrogens is 1. The Morgan fingerprint density at radius 1 is 1.15 bits per heavy atom. The van der Waals surface area contributed by atoms with Crippen molar-refractivity contribution in [2.75, 3.05) is 19.5 Å². The third-order valence-electron chi connectivity index (χ3n) is 3.68. The topological polar surface area (TPSA) is 76.2 Å². The fourth-order valence-corrected chi connectivity index (χ4v) is 2.54. The number of carbonyl (C=O) groups is 1. The van der Waals surface area contributed by atoms with E-state index in [0.29, 0.717) is 27.8 Å². The van der Waals surface area contributed by atoms with Gasteiger partial charge in [0.25, 0.3) is 5.91 Å². The van der Waals surface area contributed by atoms with E-state index in [-0.39, 0.29) is 11.4 Å². The standard InChI is InChI=1S/C18H15ClFN3O3/c1-25-11-4-5-12(17(8-11)26-2)14-9-16(23-22-14)18(24)21-15-7-10(19)3-6-13(15)20/h3-9H,1-2H3,(H,21,24)(H,22,23). The lowest BCUT2D eigenvalue weighted by atomic mass is 10.1. The van der Waals surface area contributed by atoms with Crippen molar-refractivity contribution in [3.8, 4) is 22.8 Å². The highest BCUT2D eigenvalue weighted by Crippen LogP contribution is 2.32. The second-order valence-corrected chi connectivity index (χ2v) is 5.75. The monoisotopic (exact) mass is 375 g/mol. The second kappa shape index (κ2) is 7.45. The Labute approximate surface area is 153 Å². The molecule has 0 aliphatic rings. The molecular formula is C18H15ClFN3O3. The normalized spacial score (nSPS) is 10.5. The van der Waals surface area contributed by atoms with Gasteiger partial charge >= 0.3 is 0 Å². The SMILES string of the molecule is COc1ccc(-c2cc(C(=O)Nc3cc(Cl)ccc3F)[nH]n2)c(OC)c1. The maximum absolute atomic E-state index is 13.8. The van der Waals surface area contributed by atoms with Crippen molar-refractivity contribution in [2.45, 2.75) is 0 Å². The lowest BCUT2D eigenvalue weighted by molar-refractivity contribution is 0.102. The molecule has 0 aliphatic heterocycles. The van der Waals surface area contributed by atoms with E-state index >= 15 is 0 Å². The van der Waals surface area contributed by atoms with Crippen molar-refractivity contribution >= 4 is 23.2 Å². The number of anilines is 1. The van der Waals surface area contributed by atoms with E-state index in [4.69, 9.17) is 21.1 Å². The molecule has 1 heterocycles. The van der Waals surface area contributed by atoms with Crippen LogP contribution in [0.25, 0.3) is 11.3 Å². The lowest BCUT2D eigenvalue weighted by Crippen LogP contribution is -2.13. The summed E-state index contributed by atoms with van der Waals surface area (Å²) in [5.41, 5.74) is 1.33. The Bertz CT molecular complexity index is 959. The predicted molar refractivity (Wildman–Crippen MR) is 96.5 cm³/mol. The first-order chi connectivity index (χ1) is 12.5. The number of ether oxygens (including phenoxy) is 2. The van der Waals surface area contributed by atoms with Gasteiger partial charge in [-0.2, -0.15) is 5.10 Å². The number of hydrogen-bond donors (Lipinski definition) is 2. The molecule has 3 aromatic rings. The minimum absolute atomic E-state index is 0.0133. The third kappa shape index (κ3) is 3.62. The first-order valence-electron chi connectivity index (χ1n) is 7.56. The van der Waals surface area contributed by atoms with E-state index in [0.717, 1.165) is 0 Å². The molecule has 6 nitrogen and oxygen atoms in total. The molecule has 0 bridgehead atoms. The van der Waals surface area contributed by atoms with Crippen LogP contribution < -0.4 is 14.8 Å². The van der Waals surface area contributed by atoms with Gasteiger partial charge in [-0.25, -0.2) is 4.39 Å². The smallest absolute Gasteiger partial charge is 0.273 e. The quantitative estimate of drug-likeness (QED) is 0.702. The average Bonchev–Trinajstić information content (AvgIpc) is 3.14. The van der Waals surface area contributed by atoms with E-state index in [9.17, 15) is 9.18 Å². The highest BCUT2D eigenvalue weighted by atomic mass is 35.5. The van der Waals surface area contributed by atoms with Gasteiger partial charge in [-0.15, -0.1) is 0 Å². The van der Waals surface area contributed by atoms with Crippen molar-refractivity contribution in [3.63, 3.8) is 0 Å². The second-order valence-electron chi connectivity index (χ2n) is 5.31. The van der Waals surface area contributed by atoms with Crippen LogP contribution in [0.4, 0.5) is 10.1 Å². The van der Waals surface area contributed by atoms with Crippen LogP contribution in [-0.2, 0) is 0 Å². The molecule has 0 fully saturated rings. The van der Waals surface area contributed by atoms with Crippen molar-refractivity contribution in [2.24, 2.45) is 0 Å². The maximum Gasteiger partial charge on any atom is 0.273 e. The third-order valence-corrected chi connectivity index (χ3v) is 3.92. The molecule has 134 valence electrons. The minimum Gasteiger partial charge on any atom is -0.497 e. The molecule has 1 aromatic heterocycles. The highest BCUT2D eigenvalue weighted by Gasteiger charge is 2.16. The molecule has 2 aromatic carbocycles. The molecule has 0 unspecified atom stereocenters. The summed E-state index contributed by atoms with van der Waals surface area (Å²) < 4.78 is 24.3. The van der Waals surface area contributed by atoms with Gasteiger partial charge < -0.3 is 14.8 Å². The molecule has 8 heteroatoms. The number of nitrogens with one attached hydrogen (secondary N) is 2. The summed E-state index contributed by atoms with van der Waals surface area (Å²) in [5.74, 6) is 0.0518. The van der Waals surface area contributed by atoms with Crippen molar-refractivity contribution in [1.82, 2.24) is 10.2 Å². The highest BCUT2D eigenvalue weighted by molar-refractivity contribution is 6.31. The molecular weight excluding hydrogens is 361 g/mol. The van der Waals surface area contributed by atoms with Gasteiger partial charge in [-0.05, 0) is 36.4 Å². The van der Waals surface area contributed by atoms with E-state index < -0.39 is 11.7 Å². The fraction of sp³-hybridized carbons (Fsp3) is 0.111. The van der Waals surface area contributed by atoms with Crippen LogP contribution in [0.2, 0.25) is 5.02 Å². The summed E-state index contributed by atoms with van der Waals surface area (Å²) in [5, 5.41) is 9.53. The zero-order valence-electron chi connectivity index (χ0n) is 14.0. The summed E-state index contributed by atoms with van der Waals surface area (Å²) in [4.78, 5) is 12.3. The number of rotatable bonds is 5. The number of halogens is 2. The number of nitrogens with zero attached hydrogens (tertiary/aromatic N) is 1. The summed E-state index contributed by atoms with van der Waals surface area (Å²) in [6, 6.07) is 10.7. The Kier molecular flexibility index (Phi) is 5.09. The lowest BCUT2D eigenvalue weighted by Gasteiger charge is -2.08. The Balaban J connectivity index is 1.86. The van der Waals surface area contributed by atoms with Crippen molar-refractivity contribution in [1.29, 1.82) is 0 Å². The molecule has 0 saturated heterocycles. The van der Waals surface area contributed by atoms with E-state index in [1.165, 1.54) is 25.3 Å². The van der Waals surface area contributed by atoms with Crippen LogP contribution in [0.3, 0.4) is 0 Å². The molecule has 2 N–H and O–H groups in total. The Hall–Kier alpha value is -3.06. The van der Waals surface area contributed by atoms with Gasteiger partial charge in [0.15, 0.2) is 0 Å². The Morgan fingerprint density at radius 3 is 2.69 bits per heavy atom. The molecule has 0 aliphatic carbocycles. The summed E-state index contributed by atoms with van der Waals surface area (Å²) in [7, 11) is 3.08. The van der Waals surface area contributed by atoms with E-state index in [1.807, 2.05) is 0 Å². The summed E-state index contributed by atoms with van der Waals surface area (Å²) >= 11 is 5.83. The number of methoxy groups -OCH3 is 2. The van der Waals surface area contributed by atoms with Crippen LogP contribution in [0, 0.1) is 5.82 Å². The molecule has 0 saturated carbocycles. The van der Waals surface area contributed by atoms with Crippen molar-refractivity contribution in [3.05, 3.63) is 59.0 Å². The average molecular weight is 376 g/mol. The predicted octanol–water partition coefficient (Wildman–Crippen LogP) is 4.14. The van der Waals surface area contributed by atoms with E-state index in [2.05, 4.69) is 15.5 Å². The van der Waals surface area contributed by atoms with Crippen LogP contribution in [-0.4, -0.2) is 30.3 Å². The number of aromatic amines is 1.